The fourth-order valence-electron chi connectivity index (χ4n) is 6.31. The molecule has 1 spiro atoms. The average molecular weight is 616 g/mol. The van der Waals surface area contributed by atoms with Crippen molar-refractivity contribution in [3.63, 3.8) is 0 Å². The van der Waals surface area contributed by atoms with Crippen LogP contribution in [-0.4, -0.2) is 109 Å². The van der Waals surface area contributed by atoms with Gasteiger partial charge < -0.3 is 29.3 Å². The van der Waals surface area contributed by atoms with Gasteiger partial charge >= 0.3 is 6.09 Å². The van der Waals surface area contributed by atoms with E-state index in [1.807, 2.05) is 20.8 Å². The molecule has 12 nitrogen and oxygen atoms in total. The highest BCUT2D eigenvalue weighted by Crippen LogP contribution is 2.44. The zero-order valence-electron chi connectivity index (χ0n) is 26.9. The van der Waals surface area contributed by atoms with E-state index in [1.165, 1.54) is 31.6 Å². The number of benzene rings is 1. The summed E-state index contributed by atoms with van der Waals surface area (Å²) in [4.78, 5) is 35.7. The van der Waals surface area contributed by atoms with Gasteiger partial charge in [-0.2, -0.15) is 0 Å². The predicted molar refractivity (Wildman–Crippen MR) is 163 cm³/mol. The minimum atomic E-state index is -0.524. The van der Waals surface area contributed by atoms with Crippen LogP contribution in [0.15, 0.2) is 24.5 Å². The number of ether oxygens (including phenoxy) is 3. The third-order valence-electron chi connectivity index (χ3n) is 8.67. The van der Waals surface area contributed by atoms with Gasteiger partial charge in [0.1, 0.15) is 24.5 Å². The van der Waals surface area contributed by atoms with Crippen molar-refractivity contribution in [1.29, 1.82) is 0 Å². The summed E-state index contributed by atoms with van der Waals surface area (Å²) in [5.74, 6) is 0.468. The van der Waals surface area contributed by atoms with Gasteiger partial charge in [0.15, 0.2) is 5.82 Å². The molecule has 2 amide bonds. The topological polar surface area (TPSA) is 122 Å². The molecule has 2 atom stereocenters. The van der Waals surface area contributed by atoms with Crippen LogP contribution in [-0.2, 0) is 9.47 Å². The normalized spacial score (nSPS) is 17.5. The monoisotopic (exact) mass is 615 g/mol. The molecule has 2 saturated heterocycles. The SMILES string of the molecule is CCN(C(=O)c1cc(F)ccc1Oc1nncnc1N1CCC2(C1)CN(C(CC(COC(=O)NC)OC)C(C)C)C2)C(C)C. The Bertz CT molecular complexity index is 1290. The zero-order valence-corrected chi connectivity index (χ0v) is 26.9. The van der Waals surface area contributed by atoms with Gasteiger partial charge in [0.2, 0.25) is 0 Å². The van der Waals surface area contributed by atoms with E-state index in [-0.39, 0.29) is 53.3 Å². The summed E-state index contributed by atoms with van der Waals surface area (Å²) in [6.07, 6.45) is 2.45. The highest BCUT2D eigenvalue weighted by atomic mass is 19.1. The molecule has 4 rings (SSSR count). The van der Waals surface area contributed by atoms with Crippen molar-refractivity contribution in [3.05, 3.63) is 35.9 Å². The third-order valence-corrected chi connectivity index (χ3v) is 8.67. The van der Waals surface area contributed by atoms with Gasteiger partial charge in [-0.3, -0.25) is 9.69 Å². The summed E-state index contributed by atoms with van der Waals surface area (Å²) in [5, 5.41) is 10.6. The van der Waals surface area contributed by atoms with Crippen LogP contribution in [0.1, 0.15) is 57.8 Å². The number of carbonyl (C=O) groups is 2. The molecule has 0 bridgehead atoms. The van der Waals surface area contributed by atoms with Crippen molar-refractivity contribution >= 4 is 17.8 Å². The van der Waals surface area contributed by atoms with Crippen molar-refractivity contribution in [2.75, 3.05) is 58.4 Å². The molecule has 242 valence electrons. The van der Waals surface area contributed by atoms with E-state index in [1.54, 1.807) is 12.0 Å². The Balaban J connectivity index is 1.45. The fourth-order valence-corrected chi connectivity index (χ4v) is 6.31. The van der Waals surface area contributed by atoms with Crippen LogP contribution < -0.4 is 15.0 Å². The highest BCUT2D eigenvalue weighted by Gasteiger charge is 2.50. The van der Waals surface area contributed by atoms with Crippen LogP contribution >= 0.6 is 0 Å². The number of anilines is 1. The van der Waals surface area contributed by atoms with Gasteiger partial charge in [-0.1, -0.05) is 13.8 Å². The van der Waals surface area contributed by atoms with E-state index in [9.17, 15) is 14.0 Å². The van der Waals surface area contributed by atoms with Gasteiger partial charge in [0, 0.05) is 64.4 Å². The van der Waals surface area contributed by atoms with Gasteiger partial charge in [-0.25, -0.2) is 14.2 Å². The molecule has 1 aromatic carbocycles. The molecule has 3 heterocycles. The number of halogens is 1. The molecule has 0 radical (unpaired) electrons. The first kappa shape index (κ1) is 33.3. The Kier molecular flexibility index (Phi) is 11.0. The number of methoxy groups -OCH3 is 1. The van der Waals surface area contributed by atoms with Crippen molar-refractivity contribution < 1.29 is 28.2 Å². The number of hydrogen-bond acceptors (Lipinski definition) is 10. The lowest BCUT2D eigenvalue weighted by atomic mass is 9.76. The van der Waals surface area contributed by atoms with Gasteiger partial charge in [0.05, 0.1) is 11.7 Å². The van der Waals surface area contributed by atoms with Crippen LogP contribution in [0.2, 0.25) is 0 Å². The molecule has 2 aliphatic heterocycles. The summed E-state index contributed by atoms with van der Waals surface area (Å²) in [5.41, 5.74) is 0.214. The maximum atomic E-state index is 14.3. The molecule has 2 aliphatic rings. The quantitative estimate of drug-likeness (QED) is 0.354. The first-order valence-corrected chi connectivity index (χ1v) is 15.3. The maximum Gasteiger partial charge on any atom is 0.406 e. The number of alkyl carbamates (subject to hydrolysis) is 1. The molecule has 44 heavy (non-hydrogen) atoms. The van der Waals surface area contributed by atoms with E-state index in [2.05, 4.69) is 44.1 Å². The smallest absolute Gasteiger partial charge is 0.406 e. The Labute approximate surface area is 259 Å². The number of rotatable bonds is 13. The molecular weight excluding hydrogens is 569 g/mol. The molecule has 2 aromatic rings. The first-order chi connectivity index (χ1) is 21.0. The number of amides is 2. The second-order valence-electron chi connectivity index (χ2n) is 12.3. The zero-order chi connectivity index (χ0) is 32.0. The average Bonchev–Trinajstić information content (AvgIpc) is 3.43. The third kappa shape index (κ3) is 7.55. The Morgan fingerprint density at radius 1 is 1.18 bits per heavy atom. The van der Waals surface area contributed by atoms with Crippen LogP contribution in [0.3, 0.4) is 0 Å². The second kappa shape index (κ2) is 14.5. The minimum Gasteiger partial charge on any atom is -0.447 e. The lowest BCUT2D eigenvalue weighted by molar-refractivity contribution is -0.0581. The lowest BCUT2D eigenvalue weighted by Crippen LogP contribution is -2.62. The van der Waals surface area contributed by atoms with E-state index in [0.717, 1.165) is 39.0 Å². The highest BCUT2D eigenvalue weighted by molar-refractivity contribution is 5.97. The molecule has 2 fully saturated rings. The number of likely N-dealkylation sites (tertiary alicyclic amines) is 1. The lowest BCUT2D eigenvalue weighted by Gasteiger charge is -2.53. The standard InChI is InChI=1S/C31H46FN7O5/c1-8-39(21(4)5)29(40)24-13-22(32)9-10-26(24)44-28-27(34-19-35-36-28)37-12-11-31(16-37)17-38(18-31)25(20(2)3)14-23(42-7)15-43-30(41)33-6/h9-10,13,19-21,23,25H,8,11-12,14-18H2,1-7H3,(H,33,41). The molecule has 1 N–H and O–H groups in total. The summed E-state index contributed by atoms with van der Waals surface area (Å²) >= 11 is 0. The summed E-state index contributed by atoms with van der Waals surface area (Å²) in [7, 11) is 3.18. The number of nitrogens with one attached hydrogen (secondary N) is 1. The molecule has 0 saturated carbocycles. The Morgan fingerprint density at radius 2 is 1.93 bits per heavy atom. The van der Waals surface area contributed by atoms with E-state index in [4.69, 9.17) is 14.2 Å². The Hall–Kier alpha value is -3.58. The number of nitrogens with zero attached hydrogens (tertiary/aromatic N) is 6. The van der Waals surface area contributed by atoms with Crippen molar-refractivity contribution in [3.8, 4) is 11.6 Å². The molecule has 2 unspecified atom stereocenters. The first-order valence-electron chi connectivity index (χ1n) is 15.3. The second-order valence-corrected chi connectivity index (χ2v) is 12.3. The summed E-state index contributed by atoms with van der Waals surface area (Å²) in [6.45, 7) is 14.2. The van der Waals surface area contributed by atoms with Crippen LogP contribution in [0.25, 0.3) is 0 Å². The number of hydrogen-bond donors (Lipinski definition) is 1. The molecule has 0 aliphatic carbocycles. The maximum absolute atomic E-state index is 14.3. The molecular formula is C31H46FN7O5. The van der Waals surface area contributed by atoms with Crippen molar-refractivity contribution in [2.45, 2.75) is 65.6 Å². The predicted octanol–water partition coefficient (Wildman–Crippen LogP) is 3.97. The largest absolute Gasteiger partial charge is 0.447 e. The fraction of sp³-hybridized carbons (Fsp3) is 0.645. The van der Waals surface area contributed by atoms with E-state index >= 15 is 0 Å². The molecule has 13 heteroatoms. The summed E-state index contributed by atoms with van der Waals surface area (Å²) < 4.78 is 31.3. The van der Waals surface area contributed by atoms with Gasteiger partial charge in [-0.15, -0.1) is 10.2 Å². The van der Waals surface area contributed by atoms with Crippen molar-refractivity contribution in [2.24, 2.45) is 11.3 Å². The van der Waals surface area contributed by atoms with Gasteiger partial charge in [-0.05, 0) is 57.7 Å². The van der Waals surface area contributed by atoms with Crippen molar-refractivity contribution in [1.82, 2.24) is 30.3 Å². The van der Waals surface area contributed by atoms with Crippen LogP contribution in [0.4, 0.5) is 15.0 Å². The number of carbonyl (C=O) groups excluding carboxylic acids is 2. The van der Waals surface area contributed by atoms with E-state index in [0.29, 0.717) is 18.3 Å². The van der Waals surface area contributed by atoms with E-state index < -0.39 is 11.9 Å². The van der Waals surface area contributed by atoms with Gasteiger partial charge in [0.25, 0.3) is 11.8 Å². The molecule has 1 aromatic heterocycles. The number of aromatic nitrogens is 3. The Morgan fingerprint density at radius 3 is 2.57 bits per heavy atom. The minimum absolute atomic E-state index is 0.0632. The summed E-state index contributed by atoms with van der Waals surface area (Å²) in [6, 6.07) is 4.12. The van der Waals surface area contributed by atoms with Crippen LogP contribution in [0.5, 0.6) is 11.6 Å². The van der Waals surface area contributed by atoms with Crippen LogP contribution in [0, 0.1) is 17.2 Å².